The normalized spacial score (nSPS) is 15.3. The van der Waals surface area contributed by atoms with Gasteiger partial charge in [-0.25, -0.2) is 4.79 Å². The first-order chi connectivity index (χ1) is 13.2. The number of ether oxygens (including phenoxy) is 1. The van der Waals surface area contributed by atoms with Crippen molar-refractivity contribution >= 4 is 29.0 Å². The van der Waals surface area contributed by atoms with Crippen LogP contribution in [0, 0.1) is 0 Å². The molecule has 1 fully saturated rings. The van der Waals surface area contributed by atoms with Crippen LogP contribution in [0.2, 0.25) is 0 Å². The van der Waals surface area contributed by atoms with Crippen molar-refractivity contribution in [2.24, 2.45) is 0 Å². The molecule has 0 bridgehead atoms. The van der Waals surface area contributed by atoms with Crippen LogP contribution in [0.25, 0.3) is 0 Å². The Balaban J connectivity index is 1.63. The summed E-state index contributed by atoms with van der Waals surface area (Å²) in [6.45, 7) is 4.74. The maximum absolute atomic E-state index is 12.6. The average molecular weight is 388 g/mol. The molecular formula is C20H25N3O3S. The van der Waals surface area contributed by atoms with Crippen molar-refractivity contribution in [2.75, 3.05) is 31.6 Å². The first-order valence-corrected chi connectivity index (χ1v) is 10.1. The van der Waals surface area contributed by atoms with Crippen LogP contribution in [0.5, 0.6) is 0 Å². The third-order valence-corrected chi connectivity index (χ3v) is 5.53. The fraction of sp³-hybridized carbons (Fsp3) is 0.400. The molecule has 1 aliphatic rings. The molecule has 2 heterocycles. The lowest BCUT2D eigenvalue weighted by Crippen LogP contribution is -2.36. The zero-order valence-corrected chi connectivity index (χ0v) is 16.3. The fourth-order valence-electron chi connectivity index (χ4n) is 3.26. The molecule has 6 nitrogen and oxygen atoms in total. The van der Waals surface area contributed by atoms with Crippen molar-refractivity contribution in [2.45, 2.75) is 25.8 Å². The van der Waals surface area contributed by atoms with Gasteiger partial charge >= 0.3 is 6.09 Å². The van der Waals surface area contributed by atoms with E-state index < -0.39 is 6.09 Å². The van der Waals surface area contributed by atoms with Crippen LogP contribution in [-0.4, -0.2) is 43.1 Å². The Morgan fingerprint density at radius 2 is 2.04 bits per heavy atom. The Hall–Kier alpha value is -2.38. The van der Waals surface area contributed by atoms with Gasteiger partial charge < -0.3 is 10.1 Å². The predicted octanol–water partition coefficient (Wildman–Crippen LogP) is 3.88. The molecule has 1 atom stereocenters. The molecule has 2 aromatic rings. The second-order valence-electron chi connectivity index (χ2n) is 6.41. The summed E-state index contributed by atoms with van der Waals surface area (Å²) in [5.74, 6) is -0.150. The van der Waals surface area contributed by atoms with Gasteiger partial charge in [0.15, 0.2) is 0 Å². The summed E-state index contributed by atoms with van der Waals surface area (Å²) in [6.07, 6.45) is 1.89. The molecule has 0 spiro atoms. The number of hydrogen-bond acceptors (Lipinski definition) is 5. The van der Waals surface area contributed by atoms with Gasteiger partial charge in [-0.1, -0.05) is 12.1 Å². The van der Waals surface area contributed by atoms with Crippen molar-refractivity contribution < 1.29 is 14.3 Å². The van der Waals surface area contributed by atoms with Crippen LogP contribution in [-0.2, 0) is 4.74 Å². The van der Waals surface area contributed by atoms with E-state index in [1.54, 1.807) is 42.5 Å². The van der Waals surface area contributed by atoms with E-state index in [9.17, 15) is 9.59 Å². The van der Waals surface area contributed by atoms with E-state index in [1.165, 1.54) is 17.7 Å². The third-order valence-electron chi connectivity index (χ3n) is 4.56. The Kier molecular flexibility index (Phi) is 6.84. The number of anilines is 1. The third kappa shape index (κ3) is 5.30. The zero-order valence-electron chi connectivity index (χ0n) is 15.4. The molecular weight excluding hydrogens is 362 g/mol. The van der Waals surface area contributed by atoms with Crippen molar-refractivity contribution in [3.63, 3.8) is 0 Å². The standard InChI is InChI=1S/C20H25N3O3S/c1-2-26-20(25)22-16-8-5-7-15(13-16)19(24)21-14-17(18-9-6-12-27-18)23-10-3-4-11-23/h5-9,12-13,17H,2-4,10-11,14H2,1H3,(H,21,24)(H,22,25). The van der Waals surface area contributed by atoms with E-state index in [4.69, 9.17) is 4.74 Å². The van der Waals surface area contributed by atoms with E-state index in [2.05, 4.69) is 33.0 Å². The number of hydrogen-bond donors (Lipinski definition) is 2. The summed E-state index contributed by atoms with van der Waals surface area (Å²) >= 11 is 1.72. The van der Waals surface area contributed by atoms with Gasteiger partial charge in [0.1, 0.15) is 0 Å². The van der Waals surface area contributed by atoms with Crippen molar-refractivity contribution in [3.8, 4) is 0 Å². The highest BCUT2D eigenvalue weighted by Gasteiger charge is 2.24. The van der Waals surface area contributed by atoms with E-state index >= 15 is 0 Å². The molecule has 3 rings (SSSR count). The van der Waals surface area contributed by atoms with Gasteiger partial charge in [0, 0.05) is 22.7 Å². The smallest absolute Gasteiger partial charge is 0.411 e. The van der Waals surface area contributed by atoms with Gasteiger partial charge in [-0.05, 0) is 62.5 Å². The largest absolute Gasteiger partial charge is 0.450 e. The summed E-state index contributed by atoms with van der Waals surface area (Å²) in [4.78, 5) is 27.9. The second-order valence-corrected chi connectivity index (χ2v) is 7.39. The molecule has 7 heteroatoms. The Morgan fingerprint density at radius 3 is 2.74 bits per heavy atom. The van der Waals surface area contributed by atoms with Gasteiger partial charge in [0.2, 0.25) is 0 Å². The monoisotopic (exact) mass is 387 g/mol. The molecule has 2 amide bonds. The topological polar surface area (TPSA) is 70.7 Å². The van der Waals surface area contributed by atoms with Gasteiger partial charge in [-0.15, -0.1) is 11.3 Å². The number of nitrogens with one attached hydrogen (secondary N) is 2. The van der Waals surface area contributed by atoms with E-state index in [-0.39, 0.29) is 11.9 Å². The van der Waals surface area contributed by atoms with Crippen molar-refractivity contribution in [3.05, 3.63) is 52.2 Å². The highest BCUT2D eigenvalue weighted by atomic mass is 32.1. The van der Waals surface area contributed by atoms with Crippen molar-refractivity contribution in [1.82, 2.24) is 10.2 Å². The van der Waals surface area contributed by atoms with Crippen LogP contribution < -0.4 is 10.6 Å². The molecule has 144 valence electrons. The number of rotatable bonds is 7. The number of amides is 2. The lowest BCUT2D eigenvalue weighted by atomic mass is 10.1. The van der Waals surface area contributed by atoms with Gasteiger partial charge in [0.05, 0.1) is 12.6 Å². The molecule has 27 heavy (non-hydrogen) atoms. The molecule has 1 unspecified atom stereocenters. The molecule has 1 aliphatic heterocycles. The summed E-state index contributed by atoms with van der Waals surface area (Å²) in [5.41, 5.74) is 1.05. The van der Waals surface area contributed by atoms with Gasteiger partial charge in [-0.2, -0.15) is 0 Å². The van der Waals surface area contributed by atoms with Crippen LogP contribution >= 0.6 is 11.3 Å². The second kappa shape index (κ2) is 9.53. The number of carbonyl (C=O) groups excluding carboxylic acids is 2. The first kappa shape index (κ1) is 19.4. The van der Waals surface area contributed by atoms with E-state index in [0.29, 0.717) is 24.4 Å². The Labute approximate surface area is 163 Å². The summed E-state index contributed by atoms with van der Waals surface area (Å²) in [7, 11) is 0. The maximum atomic E-state index is 12.6. The van der Waals surface area contributed by atoms with Crippen molar-refractivity contribution in [1.29, 1.82) is 0 Å². The minimum Gasteiger partial charge on any atom is -0.450 e. The lowest BCUT2D eigenvalue weighted by molar-refractivity contribution is 0.0938. The number of nitrogens with zero attached hydrogens (tertiary/aromatic N) is 1. The molecule has 0 aliphatic carbocycles. The van der Waals surface area contributed by atoms with Crippen LogP contribution in [0.4, 0.5) is 10.5 Å². The molecule has 0 saturated carbocycles. The fourth-order valence-corrected chi connectivity index (χ4v) is 4.12. The molecule has 1 saturated heterocycles. The van der Waals surface area contributed by atoms with Gasteiger partial charge in [-0.3, -0.25) is 15.0 Å². The van der Waals surface area contributed by atoms with E-state index in [1.807, 2.05) is 0 Å². The predicted molar refractivity (Wildman–Crippen MR) is 107 cm³/mol. The Morgan fingerprint density at radius 1 is 1.22 bits per heavy atom. The summed E-state index contributed by atoms with van der Waals surface area (Å²) in [5, 5.41) is 7.75. The number of likely N-dealkylation sites (tertiary alicyclic amines) is 1. The molecule has 1 aromatic heterocycles. The SMILES string of the molecule is CCOC(=O)Nc1cccc(C(=O)NCC(c2cccs2)N2CCCC2)c1. The lowest BCUT2D eigenvalue weighted by Gasteiger charge is -2.27. The number of thiophene rings is 1. The molecule has 2 N–H and O–H groups in total. The summed E-state index contributed by atoms with van der Waals surface area (Å²) in [6, 6.07) is 11.3. The number of benzene rings is 1. The molecule has 0 radical (unpaired) electrons. The first-order valence-electron chi connectivity index (χ1n) is 9.27. The quantitative estimate of drug-likeness (QED) is 0.756. The maximum Gasteiger partial charge on any atom is 0.411 e. The summed E-state index contributed by atoms with van der Waals surface area (Å²) < 4.78 is 4.87. The minimum absolute atomic E-state index is 0.150. The molecule has 1 aromatic carbocycles. The average Bonchev–Trinajstić information content (AvgIpc) is 3.37. The Bertz CT molecular complexity index is 758. The highest BCUT2D eigenvalue weighted by molar-refractivity contribution is 7.10. The zero-order chi connectivity index (χ0) is 19.1. The van der Waals surface area contributed by atoms with E-state index in [0.717, 1.165) is 13.1 Å². The van der Waals surface area contributed by atoms with Gasteiger partial charge in [0.25, 0.3) is 5.91 Å². The minimum atomic E-state index is -0.526. The van der Waals surface area contributed by atoms with Crippen LogP contribution in [0.3, 0.4) is 0 Å². The number of carbonyl (C=O) groups is 2. The van der Waals surface area contributed by atoms with Crippen LogP contribution in [0.1, 0.15) is 41.0 Å². The van der Waals surface area contributed by atoms with Crippen LogP contribution in [0.15, 0.2) is 41.8 Å². The highest BCUT2D eigenvalue weighted by Crippen LogP contribution is 2.28.